The summed E-state index contributed by atoms with van der Waals surface area (Å²) in [6, 6.07) is 0. The number of nitrogens with zero attached hydrogens (tertiary/aromatic N) is 3. The van der Waals surface area contributed by atoms with Crippen molar-refractivity contribution in [2.75, 3.05) is 0 Å². The van der Waals surface area contributed by atoms with E-state index in [9.17, 15) is 0 Å². The number of imidazole rings is 1. The van der Waals surface area contributed by atoms with Crippen molar-refractivity contribution in [1.82, 2.24) is 14.1 Å². The molecule has 3 heteroatoms. The molecule has 0 radical (unpaired) electrons. The normalized spacial score (nSPS) is 14.1. The van der Waals surface area contributed by atoms with Crippen molar-refractivity contribution in [3.63, 3.8) is 0 Å². The monoisotopic (exact) mass is 253 g/mol. The molecule has 3 rings (SSSR count). The van der Waals surface area contributed by atoms with Crippen molar-refractivity contribution in [3.8, 4) is 0 Å². The molecular formula is C16H19N3. The third-order valence-electron chi connectivity index (χ3n) is 3.72. The highest BCUT2D eigenvalue weighted by molar-refractivity contribution is 5.62. The number of aryl methyl sites for hydroxylation is 3. The van der Waals surface area contributed by atoms with Crippen LogP contribution in [0, 0.1) is 0 Å². The number of fused-ring (bicyclic) bond motifs is 1. The maximum Gasteiger partial charge on any atom is 0.135 e. The van der Waals surface area contributed by atoms with E-state index in [4.69, 9.17) is 0 Å². The molecule has 0 spiro atoms. The summed E-state index contributed by atoms with van der Waals surface area (Å²) in [5.74, 6) is 1.14. The molecule has 0 saturated carbocycles. The molecule has 0 aliphatic carbocycles. The number of rotatable bonds is 4. The highest BCUT2D eigenvalue weighted by atomic mass is 15.1. The molecule has 0 aromatic carbocycles. The predicted molar refractivity (Wildman–Crippen MR) is 78.6 cm³/mol. The van der Waals surface area contributed by atoms with Gasteiger partial charge in [0, 0.05) is 38.4 Å². The molecule has 0 saturated heterocycles. The van der Waals surface area contributed by atoms with Gasteiger partial charge in [-0.2, -0.15) is 0 Å². The van der Waals surface area contributed by atoms with Crippen molar-refractivity contribution in [3.05, 3.63) is 54.4 Å². The predicted octanol–water partition coefficient (Wildman–Crippen LogP) is 3.28. The van der Waals surface area contributed by atoms with E-state index in [1.165, 1.54) is 16.7 Å². The second-order valence-electron chi connectivity index (χ2n) is 5.07. The van der Waals surface area contributed by atoms with Gasteiger partial charge in [-0.1, -0.05) is 18.7 Å². The summed E-state index contributed by atoms with van der Waals surface area (Å²) < 4.78 is 4.34. The van der Waals surface area contributed by atoms with E-state index in [1.54, 1.807) is 0 Å². The lowest BCUT2D eigenvalue weighted by Gasteiger charge is -2.15. The Labute approximate surface area is 113 Å². The maximum atomic E-state index is 4.47. The zero-order valence-corrected chi connectivity index (χ0v) is 11.3. The fourth-order valence-corrected chi connectivity index (χ4v) is 2.78. The summed E-state index contributed by atoms with van der Waals surface area (Å²) in [4.78, 5) is 4.47. The van der Waals surface area contributed by atoms with Crippen LogP contribution in [0.3, 0.4) is 0 Å². The van der Waals surface area contributed by atoms with Gasteiger partial charge in [0.2, 0.25) is 0 Å². The first-order valence-electron chi connectivity index (χ1n) is 6.76. The Kier molecular flexibility index (Phi) is 3.11. The van der Waals surface area contributed by atoms with Gasteiger partial charge in [-0.15, -0.1) is 0 Å². The molecule has 3 nitrogen and oxygen atoms in total. The first-order valence-corrected chi connectivity index (χ1v) is 6.76. The molecule has 2 aromatic rings. The van der Waals surface area contributed by atoms with Crippen LogP contribution in [0.1, 0.15) is 29.8 Å². The Morgan fingerprint density at radius 2 is 2.26 bits per heavy atom. The standard InChI is InChI=1S/C16H19N3/c1-3-13-11-18(2)12-15(13)7-6-14-5-4-9-19-10-8-17-16(14)19/h3,5,8,10-12H,1,4,6-7,9H2,2H3. The summed E-state index contributed by atoms with van der Waals surface area (Å²) in [6.45, 7) is 4.94. The van der Waals surface area contributed by atoms with E-state index in [2.05, 4.69) is 52.4 Å². The van der Waals surface area contributed by atoms with E-state index in [1.807, 2.05) is 12.3 Å². The quantitative estimate of drug-likeness (QED) is 0.820. The van der Waals surface area contributed by atoms with Gasteiger partial charge in [0.1, 0.15) is 5.82 Å². The SMILES string of the molecule is C=Cc1cn(C)cc1CCC1=CCCn2ccnc21. The Hall–Kier alpha value is -2.03. The fourth-order valence-electron chi connectivity index (χ4n) is 2.78. The van der Waals surface area contributed by atoms with E-state index in [0.29, 0.717) is 0 Å². The molecule has 0 bridgehead atoms. The minimum Gasteiger partial charge on any atom is -0.356 e. The van der Waals surface area contributed by atoms with Crippen LogP contribution >= 0.6 is 0 Å². The van der Waals surface area contributed by atoms with Crippen LogP contribution in [-0.2, 0) is 20.0 Å². The third-order valence-corrected chi connectivity index (χ3v) is 3.72. The Morgan fingerprint density at radius 3 is 3.11 bits per heavy atom. The Balaban J connectivity index is 1.76. The van der Waals surface area contributed by atoms with Gasteiger partial charge >= 0.3 is 0 Å². The number of hydrogen-bond donors (Lipinski definition) is 0. The van der Waals surface area contributed by atoms with E-state index >= 15 is 0 Å². The molecule has 1 aliphatic rings. The zero-order valence-electron chi connectivity index (χ0n) is 11.3. The van der Waals surface area contributed by atoms with Crippen LogP contribution in [0.2, 0.25) is 0 Å². The molecule has 0 unspecified atom stereocenters. The molecule has 98 valence electrons. The van der Waals surface area contributed by atoms with Crippen LogP contribution in [0.4, 0.5) is 0 Å². The van der Waals surface area contributed by atoms with Gasteiger partial charge in [-0.3, -0.25) is 0 Å². The molecule has 3 heterocycles. The zero-order chi connectivity index (χ0) is 13.2. The average Bonchev–Trinajstić information content (AvgIpc) is 3.02. The Morgan fingerprint density at radius 1 is 1.37 bits per heavy atom. The first-order chi connectivity index (χ1) is 9.28. The van der Waals surface area contributed by atoms with Crippen molar-refractivity contribution in [2.24, 2.45) is 7.05 Å². The van der Waals surface area contributed by atoms with Crippen molar-refractivity contribution in [2.45, 2.75) is 25.8 Å². The minimum atomic E-state index is 1.04. The molecule has 0 atom stereocenters. The van der Waals surface area contributed by atoms with Crippen molar-refractivity contribution < 1.29 is 0 Å². The second kappa shape index (κ2) is 4.92. The van der Waals surface area contributed by atoms with Gasteiger partial charge < -0.3 is 9.13 Å². The molecule has 0 amide bonds. The van der Waals surface area contributed by atoms with Crippen molar-refractivity contribution in [1.29, 1.82) is 0 Å². The van der Waals surface area contributed by atoms with Crippen LogP contribution in [0.5, 0.6) is 0 Å². The van der Waals surface area contributed by atoms with Gasteiger partial charge in [0.15, 0.2) is 0 Å². The molecule has 0 fully saturated rings. The average molecular weight is 253 g/mol. The van der Waals surface area contributed by atoms with Crippen molar-refractivity contribution >= 4 is 11.6 Å². The van der Waals surface area contributed by atoms with Gasteiger partial charge in [-0.05, 0) is 36.0 Å². The lowest BCUT2D eigenvalue weighted by molar-refractivity contribution is 0.676. The smallest absolute Gasteiger partial charge is 0.135 e. The Bertz CT molecular complexity index is 628. The van der Waals surface area contributed by atoms with Crippen LogP contribution in [0.25, 0.3) is 11.6 Å². The number of hydrogen-bond acceptors (Lipinski definition) is 1. The first kappa shape index (κ1) is 12.0. The number of aromatic nitrogens is 3. The molecule has 0 N–H and O–H groups in total. The highest BCUT2D eigenvalue weighted by Crippen LogP contribution is 2.25. The lowest BCUT2D eigenvalue weighted by atomic mass is 10.0. The third kappa shape index (κ3) is 2.28. The van der Waals surface area contributed by atoms with E-state index < -0.39 is 0 Å². The van der Waals surface area contributed by atoms with Crippen LogP contribution in [0.15, 0.2) is 37.4 Å². The maximum absolute atomic E-state index is 4.47. The molecular weight excluding hydrogens is 234 g/mol. The van der Waals surface area contributed by atoms with E-state index in [0.717, 1.165) is 31.6 Å². The second-order valence-corrected chi connectivity index (χ2v) is 5.07. The summed E-state index contributed by atoms with van der Waals surface area (Å²) in [5.41, 5.74) is 3.97. The highest BCUT2D eigenvalue weighted by Gasteiger charge is 2.13. The van der Waals surface area contributed by atoms with Crippen LogP contribution in [-0.4, -0.2) is 14.1 Å². The topological polar surface area (TPSA) is 22.8 Å². The number of allylic oxidation sites excluding steroid dienone is 2. The van der Waals surface area contributed by atoms with Gasteiger partial charge in [0.25, 0.3) is 0 Å². The largest absolute Gasteiger partial charge is 0.356 e. The lowest BCUT2D eigenvalue weighted by Crippen LogP contribution is -2.07. The summed E-state index contributed by atoms with van der Waals surface area (Å²) in [5, 5.41) is 0. The fraction of sp³-hybridized carbons (Fsp3) is 0.312. The summed E-state index contributed by atoms with van der Waals surface area (Å²) in [6.07, 6.45) is 15.7. The van der Waals surface area contributed by atoms with Gasteiger partial charge in [-0.25, -0.2) is 4.98 Å². The summed E-state index contributed by atoms with van der Waals surface area (Å²) in [7, 11) is 2.06. The van der Waals surface area contributed by atoms with Crippen LogP contribution < -0.4 is 0 Å². The molecule has 1 aliphatic heterocycles. The minimum absolute atomic E-state index is 1.04. The molecule has 2 aromatic heterocycles. The van der Waals surface area contributed by atoms with Gasteiger partial charge in [0.05, 0.1) is 0 Å². The van der Waals surface area contributed by atoms with E-state index in [-0.39, 0.29) is 0 Å². The molecule has 19 heavy (non-hydrogen) atoms. The summed E-state index contributed by atoms with van der Waals surface area (Å²) >= 11 is 0.